The molecule has 1 heterocycles. The molecule has 0 saturated heterocycles. The lowest BCUT2D eigenvalue weighted by Crippen LogP contribution is -2.45. The highest BCUT2D eigenvalue weighted by molar-refractivity contribution is 5.77. The predicted octanol–water partition coefficient (Wildman–Crippen LogP) is 4.27. The molecule has 1 unspecified atom stereocenters. The van der Waals surface area contributed by atoms with E-state index in [0.29, 0.717) is 18.7 Å². The van der Waals surface area contributed by atoms with E-state index in [4.69, 9.17) is 4.42 Å². The van der Waals surface area contributed by atoms with Crippen molar-refractivity contribution in [2.45, 2.75) is 70.8 Å². The van der Waals surface area contributed by atoms with Crippen molar-refractivity contribution in [3.63, 3.8) is 0 Å². The van der Waals surface area contributed by atoms with Gasteiger partial charge in [-0.2, -0.15) is 0 Å². The average Bonchev–Trinajstić information content (AvgIpc) is 3.02. The summed E-state index contributed by atoms with van der Waals surface area (Å²) in [5.41, 5.74) is 2.26. The van der Waals surface area contributed by atoms with E-state index in [2.05, 4.69) is 62.3 Å². The number of nitrogens with one attached hydrogen (secondary N) is 1. The van der Waals surface area contributed by atoms with Crippen molar-refractivity contribution in [3.05, 3.63) is 53.2 Å². The van der Waals surface area contributed by atoms with Crippen LogP contribution in [0.25, 0.3) is 0 Å². The standard InChI is InChI=1S/C21H28N2O2/c1-20(2,3)17-14-22-19(25-17)12-11-18(24)23-21(4)13-7-9-15-8-5-6-10-16(15)21/h5-6,8,10,14H,7,9,11-13H2,1-4H3,(H,23,24). The molecule has 3 rings (SSSR count). The van der Waals surface area contributed by atoms with E-state index in [0.717, 1.165) is 25.0 Å². The van der Waals surface area contributed by atoms with Gasteiger partial charge in [0.1, 0.15) is 5.76 Å². The SMILES string of the molecule is CC(C)(C)c1cnc(CCC(=O)NC2(C)CCCc3ccccc32)o1. The third kappa shape index (κ3) is 3.94. The molecule has 0 saturated carbocycles. The van der Waals surface area contributed by atoms with Crippen molar-refractivity contribution < 1.29 is 9.21 Å². The van der Waals surface area contributed by atoms with Crippen LogP contribution in [0.15, 0.2) is 34.9 Å². The van der Waals surface area contributed by atoms with Gasteiger partial charge in [0.05, 0.1) is 11.7 Å². The number of hydrogen-bond donors (Lipinski definition) is 1. The van der Waals surface area contributed by atoms with E-state index in [9.17, 15) is 4.79 Å². The molecule has 1 atom stereocenters. The van der Waals surface area contributed by atoms with Gasteiger partial charge in [-0.1, -0.05) is 45.0 Å². The first kappa shape index (κ1) is 17.7. The third-order valence-corrected chi connectivity index (χ3v) is 5.01. The van der Waals surface area contributed by atoms with Gasteiger partial charge in [0.2, 0.25) is 5.91 Å². The van der Waals surface area contributed by atoms with Gasteiger partial charge < -0.3 is 9.73 Å². The Bertz CT molecular complexity index is 757. The molecule has 0 aliphatic heterocycles. The number of oxazole rings is 1. The Balaban J connectivity index is 1.63. The summed E-state index contributed by atoms with van der Waals surface area (Å²) in [4.78, 5) is 16.8. The Morgan fingerprint density at radius 2 is 2.08 bits per heavy atom. The monoisotopic (exact) mass is 340 g/mol. The van der Waals surface area contributed by atoms with Crippen LogP contribution < -0.4 is 5.32 Å². The van der Waals surface area contributed by atoms with Crippen LogP contribution in [-0.4, -0.2) is 10.9 Å². The number of fused-ring (bicyclic) bond motifs is 1. The molecular formula is C21H28N2O2. The van der Waals surface area contributed by atoms with Gasteiger partial charge >= 0.3 is 0 Å². The fourth-order valence-corrected chi connectivity index (χ4v) is 3.54. The zero-order valence-corrected chi connectivity index (χ0v) is 15.7. The molecule has 1 aromatic heterocycles. The zero-order chi connectivity index (χ0) is 18.1. The number of amides is 1. The molecule has 4 heteroatoms. The van der Waals surface area contributed by atoms with Crippen molar-refractivity contribution in [3.8, 4) is 0 Å². The first-order valence-corrected chi connectivity index (χ1v) is 9.12. The number of carbonyl (C=O) groups is 1. The first-order chi connectivity index (χ1) is 11.8. The molecule has 0 spiro atoms. The molecule has 25 heavy (non-hydrogen) atoms. The Kier molecular flexibility index (Phi) is 4.72. The van der Waals surface area contributed by atoms with Crippen LogP contribution >= 0.6 is 0 Å². The van der Waals surface area contributed by atoms with Gasteiger partial charge in [-0.25, -0.2) is 4.98 Å². The highest BCUT2D eigenvalue weighted by Gasteiger charge is 2.33. The molecule has 1 aliphatic carbocycles. The molecule has 0 radical (unpaired) electrons. The Labute approximate surface area is 150 Å². The summed E-state index contributed by atoms with van der Waals surface area (Å²) in [5.74, 6) is 1.54. The number of aromatic nitrogens is 1. The molecule has 0 bridgehead atoms. The smallest absolute Gasteiger partial charge is 0.221 e. The van der Waals surface area contributed by atoms with E-state index >= 15 is 0 Å². The van der Waals surface area contributed by atoms with Crippen LogP contribution in [0.4, 0.5) is 0 Å². The second kappa shape index (κ2) is 6.66. The number of nitrogens with zero attached hydrogens (tertiary/aromatic N) is 1. The molecular weight excluding hydrogens is 312 g/mol. The number of benzene rings is 1. The lowest BCUT2D eigenvalue weighted by molar-refractivity contribution is -0.123. The Morgan fingerprint density at radius 1 is 1.32 bits per heavy atom. The minimum absolute atomic E-state index is 0.0507. The van der Waals surface area contributed by atoms with Gasteiger partial charge in [0.15, 0.2) is 5.89 Å². The Morgan fingerprint density at radius 3 is 2.80 bits per heavy atom. The second-order valence-electron chi connectivity index (χ2n) is 8.26. The van der Waals surface area contributed by atoms with Gasteiger partial charge in [0, 0.05) is 18.3 Å². The van der Waals surface area contributed by atoms with Gasteiger partial charge in [-0.15, -0.1) is 0 Å². The summed E-state index contributed by atoms with van der Waals surface area (Å²) in [7, 11) is 0. The molecule has 0 fully saturated rings. The topological polar surface area (TPSA) is 55.1 Å². The lowest BCUT2D eigenvalue weighted by atomic mass is 9.77. The van der Waals surface area contributed by atoms with E-state index in [1.165, 1.54) is 11.1 Å². The summed E-state index contributed by atoms with van der Waals surface area (Å²) in [6, 6.07) is 8.43. The maximum atomic E-state index is 12.5. The summed E-state index contributed by atoms with van der Waals surface area (Å²) < 4.78 is 5.78. The molecule has 1 aromatic carbocycles. The molecule has 134 valence electrons. The predicted molar refractivity (Wildman–Crippen MR) is 98.4 cm³/mol. The summed E-state index contributed by atoms with van der Waals surface area (Å²) in [6.45, 7) is 8.40. The third-order valence-electron chi connectivity index (χ3n) is 5.01. The van der Waals surface area contributed by atoms with Gasteiger partial charge in [-0.3, -0.25) is 4.79 Å². The quantitative estimate of drug-likeness (QED) is 0.904. The Hall–Kier alpha value is -2.10. The minimum Gasteiger partial charge on any atom is -0.445 e. The van der Waals surface area contributed by atoms with E-state index in [1.54, 1.807) is 6.20 Å². The maximum absolute atomic E-state index is 12.5. The number of rotatable bonds is 4. The number of carbonyl (C=O) groups excluding carboxylic acids is 1. The van der Waals surface area contributed by atoms with E-state index in [-0.39, 0.29) is 16.9 Å². The lowest BCUT2D eigenvalue weighted by Gasteiger charge is -2.37. The fourth-order valence-electron chi connectivity index (χ4n) is 3.54. The van der Waals surface area contributed by atoms with E-state index in [1.807, 2.05) is 0 Å². The normalized spacial score (nSPS) is 20.2. The average molecular weight is 340 g/mol. The van der Waals surface area contributed by atoms with Gasteiger partial charge in [0.25, 0.3) is 0 Å². The summed E-state index contributed by atoms with van der Waals surface area (Å²) in [5, 5.41) is 3.25. The largest absolute Gasteiger partial charge is 0.445 e. The number of aryl methyl sites for hydroxylation is 2. The van der Waals surface area contributed by atoms with Crippen LogP contribution in [0.1, 0.15) is 69.7 Å². The van der Waals surface area contributed by atoms with Crippen LogP contribution in [0.2, 0.25) is 0 Å². The van der Waals surface area contributed by atoms with Crippen LogP contribution in [0.5, 0.6) is 0 Å². The summed E-state index contributed by atoms with van der Waals surface area (Å²) in [6.07, 6.45) is 5.85. The highest BCUT2D eigenvalue weighted by atomic mass is 16.4. The fraction of sp³-hybridized carbons (Fsp3) is 0.524. The molecule has 2 aromatic rings. The van der Waals surface area contributed by atoms with Crippen molar-refractivity contribution in [1.82, 2.24) is 10.3 Å². The van der Waals surface area contributed by atoms with Crippen molar-refractivity contribution in [1.29, 1.82) is 0 Å². The minimum atomic E-state index is -0.279. The van der Waals surface area contributed by atoms with Crippen LogP contribution in [-0.2, 0) is 28.6 Å². The molecule has 1 aliphatic rings. The molecule has 1 N–H and O–H groups in total. The molecule has 1 amide bonds. The zero-order valence-electron chi connectivity index (χ0n) is 15.7. The van der Waals surface area contributed by atoms with Gasteiger partial charge in [-0.05, 0) is 37.3 Å². The maximum Gasteiger partial charge on any atom is 0.221 e. The first-order valence-electron chi connectivity index (χ1n) is 9.12. The number of hydrogen-bond acceptors (Lipinski definition) is 3. The van der Waals surface area contributed by atoms with Crippen molar-refractivity contribution >= 4 is 5.91 Å². The van der Waals surface area contributed by atoms with Crippen molar-refractivity contribution in [2.24, 2.45) is 0 Å². The molecule has 4 nitrogen and oxygen atoms in total. The van der Waals surface area contributed by atoms with E-state index < -0.39 is 0 Å². The van der Waals surface area contributed by atoms with Crippen molar-refractivity contribution in [2.75, 3.05) is 0 Å². The summed E-state index contributed by atoms with van der Waals surface area (Å²) >= 11 is 0. The van der Waals surface area contributed by atoms with Crippen LogP contribution in [0, 0.1) is 0 Å². The van der Waals surface area contributed by atoms with Crippen LogP contribution in [0.3, 0.4) is 0 Å². The second-order valence-corrected chi connectivity index (χ2v) is 8.26. The highest BCUT2D eigenvalue weighted by Crippen LogP contribution is 2.35.